The Balaban J connectivity index is 1.76. The molecule has 2 aromatic carbocycles. The second-order valence-electron chi connectivity index (χ2n) is 7.91. The Labute approximate surface area is 191 Å². The van der Waals surface area contributed by atoms with Gasteiger partial charge in [-0.2, -0.15) is 0 Å². The van der Waals surface area contributed by atoms with E-state index in [1.165, 1.54) is 17.0 Å². The molecule has 0 aromatic heterocycles. The fourth-order valence-electron chi connectivity index (χ4n) is 3.29. The number of methoxy groups -OCH3 is 1. The lowest BCUT2D eigenvalue weighted by molar-refractivity contribution is -0.121. The molecule has 32 heavy (non-hydrogen) atoms. The van der Waals surface area contributed by atoms with E-state index in [0.717, 1.165) is 24.8 Å². The van der Waals surface area contributed by atoms with Gasteiger partial charge < -0.3 is 14.8 Å². The quantitative estimate of drug-likeness (QED) is 0.458. The molecule has 0 aliphatic rings. The van der Waals surface area contributed by atoms with E-state index >= 15 is 0 Å². The van der Waals surface area contributed by atoms with Crippen molar-refractivity contribution >= 4 is 21.6 Å². The van der Waals surface area contributed by atoms with Crippen molar-refractivity contribution in [2.45, 2.75) is 45.6 Å². The number of hydrogen-bond acceptors (Lipinski definition) is 5. The number of nitrogens with zero attached hydrogens (tertiary/aromatic N) is 1. The van der Waals surface area contributed by atoms with E-state index in [9.17, 15) is 13.2 Å². The number of carbonyl (C=O) groups is 1. The van der Waals surface area contributed by atoms with Gasteiger partial charge in [0.15, 0.2) is 0 Å². The molecule has 2 rings (SSSR count). The molecule has 0 radical (unpaired) electrons. The third-order valence-corrected chi connectivity index (χ3v) is 5.94. The number of anilines is 1. The standard InChI is InChI=1S/C24H34N2O5S/c1-19(2)31-23-13-5-9-20(17-23)10-7-15-25-24(27)14-8-16-26(32(4,28)29)21-11-6-12-22(18-21)30-3/h5-6,9,11-13,17-19H,7-8,10,14-16H2,1-4H3,(H,25,27). The van der Waals surface area contributed by atoms with E-state index in [1.807, 2.05) is 38.1 Å². The minimum atomic E-state index is -3.47. The van der Waals surface area contributed by atoms with Gasteiger partial charge in [0.25, 0.3) is 0 Å². The Morgan fingerprint density at radius 1 is 1.06 bits per heavy atom. The molecular weight excluding hydrogens is 428 g/mol. The molecule has 0 heterocycles. The van der Waals surface area contributed by atoms with E-state index in [0.29, 0.717) is 24.4 Å². The summed E-state index contributed by atoms with van der Waals surface area (Å²) in [5, 5.41) is 2.91. The maximum Gasteiger partial charge on any atom is 0.232 e. The minimum absolute atomic E-state index is 0.0824. The molecule has 176 valence electrons. The Morgan fingerprint density at radius 3 is 2.47 bits per heavy atom. The van der Waals surface area contributed by atoms with Crippen LogP contribution < -0.4 is 19.1 Å². The summed E-state index contributed by atoms with van der Waals surface area (Å²) in [4.78, 5) is 12.2. The zero-order chi connectivity index (χ0) is 23.6. The molecule has 0 atom stereocenters. The van der Waals surface area contributed by atoms with Crippen LogP contribution in [0.2, 0.25) is 0 Å². The Morgan fingerprint density at radius 2 is 1.78 bits per heavy atom. The number of aryl methyl sites for hydroxylation is 1. The van der Waals surface area contributed by atoms with Crippen molar-refractivity contribution in [1.82, 2.24) is 5.32 Å². The van der Waals surface area contributed by atoms with Crippen molar-refractivity contribution in [3.8, 4) is 11.5 Å². The fourth-order valence-corrected chi connectivity index (χ4v) is 4.25. The van der Waals surface area contributed by atoms with E-state index in [-0.39, 0.29) is 25.0 Å². The molecule has 8 heteroatoms. The number of hydrogen-bond donors (Lipinski definition) is 1. The van der Waals surface area contributed by atoms with Gasteiger partial charge >= 0.3 is 0 Å². The first kappa shape index (κ1) is 25.5. The second-order valence-corrected chi connectivity index (χ2v) is 9.81. The van der Waals surface area contributed by atoms with Gasteiger partial charge in [-0.1, -0.05) is 18.2 Å². The molecule has 0 fully saturated rings. The molecule has 0 saturated carbocycles. The molecule has 1 amide bonds. The number of rotatable bonds is 13. The molecule has 0 bridgehead atoms. The van der Waals surface area contributed by atoms with Crippen molar-refractivity contribution in [3.63, 3.8) is 0 Å². The third kappa shape index (κ3) is 8.78. The summed E-state index contributed by atoms with van der Waals surface area (Å²) in [6, 6.07) is 14.9. The highest BCUT2D eigenvalue weighted by Gasteiger charge is 2.18. The van der Waals surface area contributed by atoms with Crippen LogP contribution in [0.15, 0.2) is 48.5 Å². The topological polar surface area (TPSA) is 84.9 Å². The lowest BCUT2D eigenvalue weighted by atomic mass is 10.1. The normalized spacial score (nSPS) is 11.3. The zero-order valence-corrected chi connectivity index (χ0v) is 20.2. The van der Waals surface area contributed by atoms with Crippen LogP contribution in [0.3, 0.4) is 0 Å². The summed E-state index contributed by atoms with van der Waals surface area (Å²) in [5.41, 5.74) is 1.69. The van der Waals surface area contributed by atoms with E-state index in [1.54, 1.807) is 24.3 Å². The number of sulfonamides is 1. The van der Waals surface area contributed by atoms with Gasteiger partial charge in [0.1, 0.15) is 11.5 Å². The smallest absolute Gasteiger partial charge is 0.232 e. The summed E-state index contributed by atoms with van der Waals surface area (Å²) in [5.74, 6) is 1.35. The highest BCUT2D eigenvalue weighted by molar-refractivity contribution is 7.92. The third-order valence-electron chi connectivity index (χ3n) is 4.74. The highest BCUT2D eigenvalue weighted by Crippen LogP contribution is 2.23. The van der Waals surface area contributed by atoms with E-state index in [2.05, 4.69) is 5.32 Å². The summed E-state index contributed by atoms with van der Waals surface area (Å²) in [6.45, 7) is 4.78. The van der Waals surface area contributed by atoms with Gasteiger partial charge in [-0.15, -0.1) is 0 Å². The fraction of sp³-hybridized carbons (Fsp3) is 0.458. The van der Waals surface area contributed by atoms with Crippen molar-refractivity contribution in [2.24, 2.45) is 0 Å². The van der Waals surface area contributed by atoms with Gasteiger partial charge in [-0.25, -0.2) is 8.42 Å². The van der Waals surface area contributed by atoms with Crippen molar-refractivity contribution in [3.05, 3.63) is 54.1 Å². The second kappa shape index (κ2) is 12.3. The average molecular weight is 463 g/mol. The summed E-state index contributed by atoms with van der Waals surface area (Å²) >= 11 is 0. The van der Waals surface area contributed by atoms with Crippen LogP contribution in [-0.4, -0.2) is 46.9 Å². The number of ether oxygens (including phenoxy) is 2. The predicted molar refractivity (Wildman–Crippen MR) is 128 cm³/mol. The van der Waals surface area contributed by atoms with Crippen LogP contribution in [-0.2, 0) is 21.2 Å². The molecule has 0 spiro atoms. The zero-order valence-electron chi connectivity index (χ0n) is 19.3. The van der Waals surface area contributed by atoms with E-state index < -0.39 is 10.0 Å². The van der Waals surface area contributed by atoms with Crippen molar-refractivity contribution in [2.75, 3.05) is 30.8 Å². The lowest BCUT2D eigenvalue weighted by Gasteiger charge is -2.22. The Kier molecular flexibility index (Phi) is 9.84. The van der Waals surface area contributed by atoms with Gasteiger partial charge in [0.2, 0.25) is 15.9 Å². The number of nitrogens with one attached hydrogen (secondary N) is 1. The lowest BCUT2D eigenvalue weighted by Crippen LogP contribution is -2.32. The Bertz CT molecular complexity index is 976. The highest BCUT2D eigenvalue weighted by atomic mass is 32.2. The summed E-state index contributed by atoms with van der Waals surface area (Å²) < 4.78 is 36.6. The van der Waals surface area contributed by atoms with Gasteiger partial charge in [-0.05, 0) is 62.9 Å². The first-order valence-corrected chi connectivity index (χ1v) is 12.7. The van der Waals surface area contributed by atoms with Crippen LogP contribution in [0.5, 0.6) is 11.5 Å². The van der Waals surface area contributed by atoms with E-state index in [4.69, 9.17) is 9.47 Å². The number of amides is 1. The molecule has 0 unspecified atom stereocenters. The van der Waals surface area contributed by atoms with Gasteiger partial charge in [0, 0.05) is 25.6 Å². The molecule has 0 saturated heterocycles. The molecule has 2 aromatic rings. The Hall–Kier alpha value is -2.74. The first-order chi connectivity index (χ1) is 15.2. The van der Waals surface area contributed by atoms with Crippen LogP contribution in [0.1, 0.15) is 38.7 Å². The van der Waals surface area contributed by atoms with Crippen LogP contribution >= 0.6 is 0 Å². The van der Waals surface area contributed by atoms with Crippen molar-refractivity contribution < 1.29 is 22.7 Å². The summed E-state index contributed by atoms with van der Waals surface area (Å²) in [6.07, 6.45) is 3.63. The molecule has 7 nitrogen and oxygen atoms in total. The average Bonchev–Trinajstić information content (AvgIpc) is 2.73. The maximum absolute atomic E-state index is 12.2. The summed E-state index contributed by atoms with van der Waals surface area (Å²) in [7, 11) is -1.94. The molecular formula is C24H34N2O5S. The first-order valence-electron chi connectivity index (χ1n) is 10.8. The molecule has 0 aliphatic heterocycles. The predicted octanol–water partition coefficient (Wildman–Crippen LogP) is 3.78. The molecule has 0 aliphatic carbocycles. The monoisotopic (exact) mass is 462 g/mol. The van der Waals surface area contributed by atoms with Crippen LogP contribution in [0.4, 0.5) is 5.69 Å². The van der Waals surface area contributed by atoms with Gasteiger partial charge in [-0.3, -0.25) is 9.10 Å². The largest absolute Gasteiger partial charge is 0.497 e. The van der Waals surface area contributed by atoms with Crippen LogP contribution in [0, 0.1) is 0 Å². The SMILES string of the molecule is COc1cccc(N(CCCC(=O)NCCCc2cccc(OC(C)C)c2)S(C)(=O)=O)c1. The maximum atomic E-state index is 12.2. The molecule has 1 N–H and O–H groups in total. The van der Waals surface area contributed by atoms with Crippen LogP contribution in [0.25, 0.3) is 0 Å². The van der Waals surface area contributed by atoms with Crippen molar-refractivity contribution in [1.29, 1.82) is 0 Å². The number of benzene rings is 2. The van der Waals surface area contributed by atoms with Gasteiger partial charge in [0.05, 0.1) is 25.2 Å². The minimum Gasteiger partial charge on any atom is -0.497 e. The number of carbonyl (C=O) groups excluding carboxylic acids is 1.